The van der Waals surface area contributed by atoms with Gasteiger partial charge in [0.05, 0.1) is 5.56 Å². The first-order valence-corrected chi connectivity index (χ1v) is 9.54. The van der Waals surface area contributed by atoms with E-state index in [-0.39, 0.29) is 24.5 Å². The number of carbonyl (C=O) groups is 2. The van der Waals surface area contributed by atoms with E-state index in [1.807, 2.05) is 43.3 Å². The molecule has 0 spiro atoms. The Hall–Kier alpha value is -2.47. The quantitative estimate of drug-likeness (QED) is 0.779. The maximum absolute atomic E-state index is 12.4. The van der Waals surface area contributed by atoms with E-state index >= 15 is 0 Å². The Morgan fingerprint density at radius 3 is 2.44 bits per heavy atom. The number of rotatable bonds is 5. The fraction of sp³-hybridized carbons (Fsp3) is 0.333. The van der Waals surface area contributed by atoms with E-state index in [2.05, 4.69) is 17.9 Å². The molecule has 0 bridgehead atoms. The lowest BCUT2D eigenvalue weighted by Gasteiger charge is -2.32. The summed E-state index contributed by atoms with van der Waals surface area (Å²) >= 11 is 4.33. The number of benzene rings is 2. The van der Waals surface area contributed by atoms with Crippen LogP contribution in [0.3, 0.4) is 0 Å². The second-order valence-corrected chi connectivity index (χ2v) is 7.23. The predicted molar refractivity (Wildman–Crippen MR) is 107 cm³/mol. The van der Waals surface area contributed by atoms with E-state index in [9.17, 15) is 9.59 Å². The van der Waals surface area contributed by atoms with Gasteiger partial charge >= 0.3 is 0 Å². The number of carbonyl (C=O) groups excluding carboxylic acids is 2. The second-order valence-electron chi connectivity index (χ2n) is 6.75. The molecule has 3 rings (SSSR count). The minimum absolute atomic E-state index is 0.0268. The van der Waals surface area contributed by atoms with Gasteiger partial charge in [-0.25, -0.2) is 0 Å². The van der Waals surface area contributed by atoms with Gasteiger partial charge in [0.1, 0.15) is 5.75 Å². The third-order valence-corrected chi connectivity index (χ3v) is 5.10. The van der Waals surface area contributed by atoms with Crippen LogP contribution in [0.15, 0.2) is 53.4 Å². The number of amides is 2. The van der Waals surface area contributed by atoms with Gasteiger partial charge < -0.3 is 15.0 Å². The molecule has 0 aromatic heterocycles. The molecule has 1 fully saturated rings. The van der Waals surface area contributed by atoms with E-state index in [0.717, 1.165) is 18.4 Å². The molecule has 0 saturated carbocycles. The summed E-state index contributed by atoms with van der Waals surface area (Å²) < 4.78 is 5.57. The highest BCUT2D eigenvalue weighted by molar-refractivity contribution is 7.80. The van der Waals surface area contributed by atoms with Gasteiger partial charge in [0.25, 0.3) is 11.8 Å². The van der Waals surface area contributed by atoms with Gasteiger partial charge in [-0.15, -0.1) is 12.6 Å². The molecule has 1 aliphatic heterocycles. The van der Waals surface area contributed by atoms with Gasteiger partial charge in [-0.1, -0.05) is 29.8 Å². The van der Waals surface area contributed by atoms with Crippen LogP contribution in [0.25, 0.3) is 0 Å². The van der Waals surface area contributed by atoms with Crippen LogP contribution in [0.1, 0.15) is 28.8 Å². The number of ether oxygens (including phenoxy) is 1. The molecule has 0 unspecified atom stereocenters. The smallest absolute Gasteiger partial charge is 0.260 e. The zero-order valence-electron chi connectivity index (χ0n) is 15.4. The minimum Gasteiger partial charge on any atom is -0.484 e. The van der Waals surface area contributed by atoms with E-state index < -0.39 is 0 Å². The first kappa shape index (κ1) is 19.3. The highest BCUT2D eigenvalue weighted by atomic mass is 32.1. The average Bonchev–Trinajstić information content (AvgIpc) is 2.68. The zero-order chi connectivity index (χ0) is 19.2. The molecule has 27 heavy (non-hydrogen) atoms. The molecule has 2 aromatic rings. The molecule has 142 valence electrons. The number of likely N-dealkylation sites (tertiary alicyclic amines) is 1. The van der Waals surface area contributed by atoms with Crippen molar-refractivity contribution in [2.45, 2.75) is 30.7 Å². The van der Waals surface area contributed by atoms with Gasteiger partial charge in [-0.05, 0) is 44.0 Å². The van der Waals surface area contributed by atoms with Crippen molar-refractivity contribution in [3.8, 4) is 5.75 Å². The van der Waals surface area contributed by atoms with Crippen LogP contribution >= 0.6 is 12.6 Å². The topological polar surface area (TPSA) is 58.6 Å². The average molecular weight is 385 g/mol. The Kier molecular flexibility index (Phi) is 6.40. The first-order valence-electron chi connectivity index (χ1n) is 9.09. The van der Waals surface area contributed by atoms with E-state index in [4.69, 9.17) is 4.74 Å². The SMILES string of the molecule is Cc1ccc(OCC(=O)N2CCC(NC(=O)c3ccccc3S)CC2)cc1. The van der Waals surface area contributed by atoms with Crippen molar-refractivity contribution in [1.82, 2.24) is 10.2 Å². The summed E-state index contributed by atoms with van der Waals surface area (Å²) in [4.78, 5) is 27.2. The molecule has 2 amide bonds. The van der Waals surface area contributed by atoms with Crippen molar-refractivity contribution in [1.29, 1.82) is 0 Å². The van der Waals surface area contributed by atoms with Crippen LogP contribution < -0.4 is 10.1 Å². The molecule has 1 heterocycles. The van der Waals surface area contributed by atoms with Gasteiger partial charge in [-0.2, -0.15) is 0 Å². The molecule has 0 atom stereocenters. The molecule has 1 N–H and O–H groups in total. The lowest BCUT2D eigenvalue weighted by atomic mass is 10.0. The van der Waals surface area contributed by atoms with Crippen molar-refractivity contribution in [2.24, 2.45) is 0 Å². The molecule has 0 radical (unpaired) electrons. The second kappa shape index (κ2) is 8.95. The molecule has 0 aliphatic carbocycles. The number of thiol groups is 1. The molecule has 5 nitrogen and oxygen atoms in total. The van der Waals surface area contributed by atoms with Gasteiger partial charge in [0, 0.05) is 24.0 Å². The monoisotopic (exact) mass is 384 g/mol. The van der Waals surface area contributed by atoms with E-state index in [1.165, 1.54) is 0 Å². The lowest BCUT2D eigenvalue weighted by molar-refractivity contribution is -0.134. The molecule has 2 aromatic carbocycles. The molecular formula is C21H24N2O3S. The summed E-state index contributed by atoms with van der Waals surface area (Å²) in [7, 11) is 0. The van der Waals surface area contributed by atoms with Crippen LogP contribution in [0, 0.1) is 6.92 Å². The van der Waals surface area contributed by atoms with E-state index in [0.29, 0.717) is 29.3 Å². The Bertz CT molecular complexity index is 799. The normalized spacial score (nSPS) is 14.7. The largest absolute Gasteiger partial charge is 0.484 e. The maximum atomic E-state index is 12.4. The number of piperidine rings is 1. The van der Waals surface area contributed by atoms with Crippen LogP contribution in [-0.4, -0.2) is 42.5 Å². The summed E-state index contributed by atoms with van der Waals surface area (Å²) in [6.07, 6.45) is 1.47. The minimum atomic E-state index is -0.118. The Morgan fingerprint density at radius 1 is 1.11 bits per heavy atom. The van der Waals surface area contributed by atoms with Crippen molar-refractivity contribution in [2.75, 3.05) is 19.7 Å². The van der Waals surface area contributed by atoms with Crippen LogP contribution in [-0.2, 0) is 4.79 Å². The number of nitrogens with zero attached hydrogens (tertiary/aromatic N) is 1. The van der Waals surface area contributed by atoms with Crippen molar-refractivity contribution in [3.63, 3.8) is 0 Å². The fourth-order valence-electron chi connectivity index (χ4n) is 3.07. The summed E-state index contributed by atoms with van der Waals surface area (Å²) in [5.41, 5.74) is 1.73. The lowest BCUT2D eigenvalue weighted by Crippen LogP contribution is -2.47. The third kappa shape index (κ3) is 5.26. The van der Waals surface area contributed by atoms with Crippen molar-refractivity contribution < 1.29 is 14.3 Å². The summed E-state index contributed by atoms with van der Waals surface area (Å²) in [6.45, 7) is 3.27. The maximum Gasteiger partial charge on any atom is 0.260 e. The molecule has 6 heteroatoms. The van der Waals surface area contributed by atoms with Crippen LogP contribution in [0.2, 0.25) is 0 Å². The highest BCUT2D eigenvalue weighted by Gasteiger charge is 2.24. The van der Waals surface area contributed by atoms with Gasteiger partial charge in [-0.3, -0.25) is 9.59 Å². The van der Waals surface area contributed by atoms with Crippen LogP contribution in [0.4, 0.5) is 0 Å². The fourth-order valence-corrected chi connectivity index (χ4v) is 3.34. The van der Waals surface area contributed by atoms with Crippen molar-refractivity contribution >= 4 is 24.4 Å². The summed E-state index contributed by atoms with van der Waals surface area (Å²) in [5, 5.41) is 3.04. The summed E-state index contributed by atoms with van der Waals surface area (Å²) in [5.74, 6) is 0.552. The van der Waals surface area contributed by atoms with Gasteiger partial charge in [0.2, 0.25) is 0 Å². The number of aryl methyl sites for hydroxylation is 1. The molecule has 1 aliphatic rings. The molecular weight excluding hydrogens is 360 g/mol. The van der Waals surface area contributed by atoms with Gasteiger partial charge in [0.15, 0.2) is 6.61 Å². The molecule has 1 saturated heterocycles. The standard InChI is InChI=1S/C21H24N2O3S/c1-15-6-8-17(9-7-15)26-14-20(24)23-12-10-16(11-13-23)22-21(25)18-4-2-3-5-19(18)27/h2-9,16,27H,10-14H2,1H3,(H,22,25). The van der Waals surface area contributed by atoms with Crippen LogP contribution in [0.5, 0.6) is 5.75 Å². The first-order chi connectivity index (χ1) is 13.0. The number of nitrogens with one attached hydrogen (secondary N) is 1. The number of hydrogen-bond donors (Lipinski definition) is 2. The zero-order valence-corrected chi connectivity index (χ0v) is 16.2. The summed E-state index contributed by atoms with van der Waals surface area (Å²) in [6, 6.07) is 14.9. The predicted octanol–water partition coefficient (Wildman–Crippen LogP) is 3.08. The third-order valence-electron chi connectivity index (χ3n) is 4.71. The Labute approximate surface area is 165 Å². The van der Waals surface area contributed by atoms with E-state index in [1.54, 1.807) is 17.0 Å². The van der Waals surface area contributed by atoms with Crippen molar-refractivity contribution in [3.05, 3.63) is 59.7 Å². The highest BCUT2D eigenvalue weighted by Crippen LogP contribution is 2.16. The Balaban J connectivity index is 1.44. The Morgan fingerprint density at radius 2 is 1.78 bits per heavy atom. The number of hydrogen-bond acceptors (Lipinski definition) is 4.